The van der Waals surface area contributed by atoms with Gasteiger partial charge in [-0.1, -0.05) is 6.92 Å². The molecule has 7 heteroatoms. The number of fused-ring (bicyclic) bond motifs is 1. The van der Waals surface area contributed by atoms with Crippen molar-refractivity contribution in [3.05, 3.63) is 65.9 Å². The highest BCUT2D eigenvalue weighted by molar-refractivity contribution is 6.04. The molecule has 6 nitrogen and oxygen atoms in total. The first kappa shape index (κ1) is 20.5. The van der Waals surface area contributed by atoms with Crippen molar-refractivity contribution in [3.8, 4) is 16.8 Å². The van der Waals surface area contributed by atoms with Crippen LogP contribution in [0.1, 0.15) is 31.5 Å². The summed E-state index contributed by atoms with van der Waals surface area (Å²) in [5, 5.41) is 13.3. The highest BCUT2D eigenvalue weighted by Crippen LogP contribution is 2.47. The van der Waals surface area contributed by atoms with Crippen molar-refractivity contribution in [3.63, 3.8) is 0 Å². The maximum absolute atomic E-state index is 13.8. The van der Waals surface area contributed by atoms with E-state index in [2.05, 4.69) is 29.7 Å². The molecule has 2 aromatic carbocycles. The Kier molecular flexibility index (Phi) is 4.86. The number of nitrogens with zero attached hydrogens (tertiary/aromatic N) is 3. The second-order valence-corrected chi connectivity index (χ2v) is 8.39. The molecule has 164 valence electrons. The Morgan fingerprint density at radius 3 is 2.53 bits per heavy atom. The zero-order chi connectivity index (χ0) is 22.5. The first-order valence-corrected chi connectivity index (χ1v) is 10.9. The summed E-state index contributed by atoms with van der Waals surface area (Å²) < 4.78 is 23.6. The van der Waals surface area contributed by atoms with Crippen molar-refractivity contribution in [2.75, 3.05) is 18.9 Å². The summed E-state index contributed by atoms with van der Waals surface area (Å²) in [6.07, 6.45) is 6.11. The lowest BCUT2D eigenvalue weighted by Crippen LogP contribution is -2.47. The number of nitrogens with two attached hydrogens (primary N) is 1. The van der Waals surface area contributed by atoms with Gasteiger partial charge in [-0.15, -0.1) is 0 Å². The third-order valence-corrected chi connectivity index (χ3v) is 6.59. The summed E-state index contributed by atoms with van der Waals surface area (Å²) in [7, 11) is 0. The number of benzene rings is 2. The van der Waals surface area contributed by atoms with Crippen molar-refractivity contribution in [1.82, 2.24) is 14.3 Å². The van der Waals surface area contributed by atoms with E-state index < -0.39 is 0 Å². The van der Waals surface area contributed by atoms with Gasteiger partial charge in [-0.25, -0.2) is 4.39 Å². The molecule has 32 heavy (non-hydrogen) atoms. The first-order chi connectivity index (χ1) is 15.5. The average molecular weight is 432 g/mol. The molecule has 0 aliphatic carbocycles. The minimum Gasteiger partial charge on any atom is -0.398 e. The third-order valence-electron chi connectivity index (χ3n) is 6.59. The van der Waals surface area contributed by atoms with Gasteiger partial charge in [0.05, 0.1) is 30.3 Å². The summed E-state index contributed by atoms with van der Waals surface area (Å²) >= 11 is 0. The van der Waals surface area contributed by atoms with Crippen LogP contribution in [-0.4, -0.2) is 33.8 Å². The first-order valence-electron chi connectivity index (χ1n) is 10.9. The Labute approximate surface area is 185 Å². The number of nitrogens with one attached hydrogen (secondary N) is 1. The van der Waals surface area contributed by atoms with Gasteiger partial charge in [-0.2, -0.15) is 5.10 Å². The molecule has 1 aliphatic rings. The van der Waals surface area contributed by atoms with Crippen LogP contribution in [0.4, 0.5) is 10.1 Å². The molecule has 0 unspecified atom stereocenters. The van der Waals surface area contributed by atoms with Gasteiger partial charge >= 0.3 is 0 Å². The van der Waals surface area contributed by atoms with E-state index in [4.69, 9.17) is 15.9 Å². The number of anilines is 1. The van der Waals surface area contributed by atoms with Crippen LogP contribution in [-0.2, 0) is 16.7 Å². The molecule has 0 amide bonds. The highest BCUT2D eigenvalue weighted by atomic mass is 19.1. The van der Waals surface area contributed by atoms with E-state index in [0.717, 1.165) is 46.4 Å². The van der Waals surface area contributed by atoms with Crippen LogP contribution in [0.3, 0.4) is 0 Å². The highest BCUT2D eigenvalue weighted by Gasteiger charge is 2.44. The number of hydrogen-bond acceptors (Lipinski definition) is 4. The van der Waals surface area contributed by atoms with Crippen molar-refractivity contribution in [1.29, 1.82) is 5.41 Å². The molecule has 0 saturated carbocycles. The lowest BCUT2D eigenvalue weighted by atomic mass is 9.77. The fourth-order valence-electron chi connectivity index (χ4n) is 4.67. The molecule has 1 aliphatic heterocycles. The van der Waals surface area contributed by atoms with Gasteiger partial charge in [-0.3, -0.25) is 4.68 Å². The largest absolute Gasteiger partial charge is 0.398 e. The monoisotopic (exact) mass is 431 g/mol. The van der Waals surface area contributed by atoms with Crippen molar-refractivity contribution in [2.45, 2.75) is 32.2 Å². The van der Waals surface area contributed by atoms with Gasteiger partial charge in [0.1, 0.15) is 5.82 Å². The summed E-state index contributed by atoms with van der Waals surface area (Å²) in [5.74, 6) is -0.280. The Hall–Kier alpha value is -3.45. The van der Waals surface area contributed by atoms with E-state index >= 15 is 0 Å². The Balaban J connectivity index is 1.95. The quantitative estimate of drug-likeness (QED) is 0.336. The lowest BCUT2D eigenvalue weighted by Gasteiger charge is -2.42. The van der Waals surface area contributed by atoms with Crippen LogP contribution < -0.4 is 5.73 Å². The van der Waals surface area contributed by atoms with E-state index in [1.54, 1.807) is 12.1 Å². The van der Waals surface area contributed by atoms with Gasteiger partial charge in [0, 0.05) is 58.1 Å². The number of aryl methyl sites for hydroxylation is 1. The van der Waals surface area contributed by atoms with E-state index in [1.807, 2.05) is 23.0 Å². The van der Waals surface area contributed by atoms with Crippen molar-refractivity contribution < 1.29 is 9.13 Å². The maximum atomic E-state index is 13.8. The average Bonchev–Trinajstić information content (AvgIpc) is 3.36. The van der Waals surface area contributed by atoms with Crippen LogP contribution in [0.15, 0.2) is 48.8 Å². The summed E-state index contributed by atoms with van der Waals surface area (Å²) in [6, 6.07) is 10.4. The molecular formula is C25H26FN5O. The Morgan fingerprint density at radius 2 is 1.97 bits per heavy atom. The van der Waals surface area contributed by atoms with Gasteiger partial charge in [0.25, 0.3) is 0 Å². The van der Waals surface area contributed by atoms with E-state index in [-0.39, 0.29) is 11.2 Å². The number of nitrogen functional groups attached to an aromatic ring is 1. The molecule has 0 atom stereocenters. The Bertz CT molecular complexity index is 1310. The summed E-state index contributed by atoms with van der Waals surface area (Å²) in [4.78, 5) is 0. The fraction of sp³-hybridized carbons (Fsp3) is 0.280. The molecule has 0 bridgehead atoms. The molecule has 1 saturated heterocycles. The van der Waals surface area contributed by atoms with Gasteiger partial charge < -0.3 is 20.4 Å². The number of hydrogen-bond donors (Lipinski definition) is 2. The predicted molar refractivity (Wildman–Crippen MR) is 125 cm³/mol. The summed E-state index contributed by atoms with van der Waals surface area (Å²) in [6.45, 7) is 6.23. The van der Waals surface area contributed by atoms with E-state index in [9.17, 15) is 4.39 Å². The second kappa shape index (κ2) is 7.60. The van der Waals surface area contributed by atoms with E-state index in [1.165, 1.54) is 18.3 Å². The normalized spacial score (nSPS) is 15.1. The molecule has 0 spiro atoms. The predicted octanol–water partition coefficient (Wildman–Crippen LogP) is 4.91. The van der Waals surface area contributed by atoms with Crippen LogP contribution in [0.5, 0.6) is 0 Å². The molecule has 0 radical (unpaired) electrons. The molecule has 2 aromatic heterocycles. The second-order valence-electron chi connectivity index (χ2n) is 8.39. The molecule has 3 N–H and O–H groups in total. The fourth-order valence-corrected chi connectivity index (χ4v) is 4.67. The lowest BCUT2D eigenvalue weighted by molar-refractivity contribution is -0.0644. The number of rotatable bonds is 6. The third kappa shape index (κ3) is 2.96. The zero-order valence-electron chi connectivity index (χ0n) is 18.2. The van der Waals surface area contributed by atoms with Gasteiger partial charge in [0.15, 0.2) is 0 Å². The molecule has 5 rings (SSSR count). The minimum absolute atomic E-state index is 0.184. The minimum atomic E-state index is -0.280. The van der Waals surface area contributed by atoms with Crippen LogP contribution in [0.25, 0.3) is 27.7 Å². The molecule has 3 heterocycles. The zero-order valence-corrected chi connectivity index (χ0v) is 18.2. The van der Waals surface area contributed by atoms with Crippen LogP contribution in [0.2, 0.25) is 0 Å². The van der Waals surface area contributed by atoms with Crippen molar-refractivity contribution in [2.24, 2.45) is 0 Å². The van der Waals surface area contributed by atoms with Gasteiger partial charge in [-0.05, 0) is 49.7 Å². The van der Waals surface area contributed by atoms with Gasteiger partial charge in [0.2, 0.25) is 0 Å². The van der Waals surface area contributed by atoms with Crippen molar-refractivity contribution >= 4 is 22.8 Å². The van der Waals surface area contributed by atoms with Crippen LogP contribution in [0, 0.1) is 11.2 Å². The number of ether oxygens (including phenoxy) is 1. The smallest absolute Gasteiger partial charge is 0.123 e. The maximum Gasteiger partial charge on any atom is 0.123 e. The topological polar surface area (TPSA) is 81.8 Å². The molecular weight excluding hydrogens is 405 g/mol. The summed E-state index contributed by atoms with van der Waals surface area (Å²) in [5.41, 5.74) is 12.3. The molecule has 1 fully saturated rings. The standard InChI is InChI=1S/C25H26FN5O/c1-3-25(14-32-15-25)24-23(17-12-29-30(4-2)13-17)20-10-21(28)16(11-27)9-22(20)31(24)19-7-5-18(26)6-8-19/h5-13,27H,3-4,14-15,28H2,1-2H3. The van der Waals surface area contributed by atoms with E-state index in [0.29, 0.717) is 24.5 Å². The Morgan fingerprint density at radius 1 is 1.22 bits per heavy atom. The SMILES string of the molecule is CCn1cc(-c2c(C3(CC)COC3)n(-c3ccc(F)cc3)c3cc(C=N)c(N)cc23)cn1. The van der Waals surface area contributed by atoms with Crippen LogP contribution >= 0.6 is 0 Å². The number of halogens is 1. The molecule has 4 aromatic rings. The number of aromatic nitrogens is 3.